The number of aromatic nitrogens is 2. The fourth-order valence-corrected chi connectivity index (χ4v) is 4.38. The first-order chi connectivity index (χ1) is 11.8. The van der Waals surface area contributed by atoms with Crippen molar-refractivity contribution in [1.82, 2.24) is 9.55 Å². The molecule has 5 nitrogen and oxygen atoms in total. The summed E-state index contributed by atoms with van der Waals surface area (Å²) >= 11 is 0. The number of sulfone groups is 1. The Hall–Kier alpha value is -2.47. The molecule has 0 aliphatic carbocycles. The lowest BCUT2D eigenvalue weighted by Gasteiger charge is -2.10. The molecule has 0 fully saturated rings. The number of aryl methyl sites for hydroxylation is 2. The summed E-state index contributed by atoms with van der Waals surface area (Å²) < 4.78 is 26.4. The van der Waals surface area contributed by atoms with E-state index < -0.39 is 9.84 Å². The lowest BCUT2D eigenvalue weighted by Crippen LogP contribution is -2.17. The Morgan fingerprint density at radius 1 is 1.12 bits per heavy atom. The van der Waals surface area contributed by atoms with Gasteiger partial charge in [0.1, 0.15) is 6.33 Å². The molecule has 1 aromatic heterocycles. The van der Waals surface area contributed by atoms with Gasteiger partial charge < -0.3 is 0 Å². The highest BCUT2D eigenvalue weighted by atomic mass is 32.2. The maximum absolute atomic E-state index is 13.0. The molecule has 0 saturated carbocycles. The number of hydrogen-bond donors (Lipinski definition) is 0. The van der Waals surface area contributed by atoms with Crippen LogP contribution in [0, 0.1) is 13.8 Å². The number of carbonyl (C=O) groups excluding carboxylic acids is 1. The largest absolute Gasteiger partial charge is 0.268 e. The number of carbonyl (C=O) groups is 1. The van der Waals surface area contributed by atoms with Crippen molar-refractivity contribution in [3.05, 3.63) is 59.4 Å². The summed E-state index contributed by atoms with van der Waals surface area (Å²) in [4.78, 5) is 17.4. The average Bonchev–Trinajstić information content (AvgIpc) is 2.97. The summed E-state index contributed by atoms with van der Waals surface area (Å²) in [5.74, 6) is -0.374. The van der Waals surface area contributed by atoms with Crippen LogP contribution in [0.3, 0.4) is 0 Å². The van der Waals surface area contributed by atoms with E-state index in [0.29, 0.717) is 17.5 Å². The number of hydrogen-bond acceptors (Lipinski definition) is 4. The summed E-state index contributed by atoms with van der Waals surface area (Å²) in [6, 6.07) is 10.2. The van der Waals surface area contributed by atoms with Crippen LogP contribution in [0.5, 0.6) is 0 Å². The third-order valence-electron chi connectivity index (χ3n) is 4.31. The molecule has 0 radical (unpaired) electrons. The summed E-state index contributed by atoms with van der Waals surface area (Å²) in [6.45, 7) is 5.76. The van der Waals surface area contributed by atoms with Crippen molar-refractivity contribution in [2.75, 3.05) is 5.75 Å². The second-order valence-corrected chi connectivity index (χ2v) is 8.24. The van der Waals surface area contributed by atoms with E-state index in [9.17, 15) is 13.2 Å². The molecule has 0 spiro atoms. The molecule has 3 rings (SSSR count). The van der Waals surface area contributed by atoms with Gasteiger partial charge in [0.15, 0.2) is 9.84 Å². The monoisotopic (exact) mass is 356 g/mol. The molecule has 130 valence electrons. The number of imidazole rings is 1. The van der Waals surface area contributed by atoms with E-state index in [2.05, 4.69) is 4.98 Å². The predicted octanol–water partition coefficient (Wildman–Crippen LogP) is 3.53. The lowest BCUT2D eigenvalue weighted by molar-refractivity contribution is 0.0961. The zero-order chi connectivity index (χ0) is 18.2. The molecule has 0 unspecified atom stereocenters. The Morgan fingerprint density at radius 2 is 1.80 bits per heavy atom. The van der Waals surface area contributed by atoms with Crippen LogP contribution in [0.15, 0.2) is 47.6 Å². The first kappa shape index (κ1) is 17.4. The Bertz CT molecular complexity index is 1070. The summed E-state index contributed by atoms with van der Waals surface area (Å²) in [5, 5.41) is 0. The Kier molecular flexibility index (Phi) is 4.47. The standard InChI is InChI=1S/C19H20N2O3S/c1-4-9-25(23,24)18-8-6-5-7-15(18)19(22)21-12-20-16-10-13(2)14(3)11-17(16)21/h5-8,10-12H,4,9H2,1-3H3. The van der Waals surface area contributed by atoms with Gasteiger partial charge in [-0.3, -0.25) is 9.36 Å². The Morgan fingerprint density at radius 3 is 2.52 bits per heavy atom. The van der Waals surface area contributed by atoms with Gasteiger partial charge in [-0.2, -0.15) is 0 Å². The molecule has 0 saturated heterocycles. The molecule has 0 bridgehead atoms. The van der Waals surface area contributed by atoms with E-state index >= 15 is 0 Å². The summed E-state index contributed by atoms with van der Waals surface area (Å²) in [5.41, 5.74) is 3.71. The normalized spacial score (nSPS) is 11.8. The number of fused-ring (bicyclic) bond motifs is 1. The van der Waals surface area contributed by atoms with Crippen LogP contribution in [0.1, 0.15) is 34.8 Å². The SMILES string of the molecule is CCCS(=O)(=O)c1ccccc1C(=O)n1cnc2cc(C)c(C)cc21. The van der Waals surface area contributed by atoms with Crippen LogP contribution in [-0.2, 0) is 9.84 Å². The average molecular weight is 356 g/mol. The molecule has 25 heavy (non-hydrogen) atoms. The molecule has 1 heterocycles. The highest BCUT2D eigenvalue weighted by Crippen LogP contribution is 2.23. The molecule has 3 aromatic rings. The Labute approximate surface area is 147 Å². The van der Waals surface area contributed by atoms with Crippen molar-refractivity contribution in [2.45, 2.75) is 32.1 Å². The molecule has 0 atom stereocenters. The number of benzene rings is 2. The minimum atomic E-state index is -3.50. The van der Waals surface area contributed by atoms with Gasteiger partial charge in [-0.05, 0) is 55.7 Å². The van der Waals surface area contributed by atoms with Crippen molar-refractivity contribution in [3.63, 3.8) is 0 Å². The van der Waals surface area contributed by atoms with Gasteiger partial charge in [0.05, 0.1) is 27.2 Å². The van der Waals surface area contributed by atoms with Gasteiger partial charge >= 0.3 is 0 Å². The minimum Gasteiger partial charge on any atom is -0.268 e. The topological polar surface area (TPSA) is 69.0 Å². The Balaban J connectivity index is 2.16. The van der Waals surface area contributed by atoms with Crippen LogP contribution in [0.2, 0.25) is 0 Å². The van der Waals surface area contributed by atoms with Gasteiger partial charge in [0.2, 0.25) is 0 Å². The van der Waals surface area contributed by atoms with Crippen molar-refractivity contribution < 1.29 is 13.2 Å². The van der Waals surface area contributed by atoms with Gasteiger partial charge in [-0.15, -0.1) is 0 Å². The van der Waals surface area contributed by atoms with E-state index in [1.54, 1.807) is 25.1 Å². The third-order valence-corrected chi connectivity index (χ3v) is 6.28. The molecule has 0 N–H and O–H groups in total. The number of rotatable bonds is 4. The lowest BCUT2D eigenvalue weighted by atomic mass is 10.1. The van der Waals surface area contributed by atoms with Crippen LogP contribution < -0.4 is 0 Å². The molecule has 6 heteroatoms. The number of nitrogens with zero attached hydrogens (tertiary/aromatic N) is 2. The maximum atomic E-state index is 13.0. The fourth-order valence-electron chi connectivity index (χ4n) is 2.85. The highest BCUT2D eigenvalue weighted by Gasteiger charge is 2.23. The highest BCUT2D eigenvalue weighted by molar-refractivity contribution is 7.91. The predicted molar refractivity (Wildman–Crippen MR) is 97.7 cm³/mol. The van der Waals surface area contributed by atoms with E-state index in [1.165, 1.54) is 17.0 Å². The summed E-state index contributed by atoms with van der Waals surface area (Å²) in [6.07, 6.45) is 1.95. The first-order valence-electron chi connectivity index (χ1n) is 8.16. The zero-order valence-corrected chi connectivity index (χ0v) is 15.3. The second-order valence-electron chi connectivity index (χ2n) is 6.16. The van der Waals surface area contributed by atoms with E-state index in [0.717, 1.165) is 11.1 Å². The van der Waals surface area contributed by atoms with Gasteiger partial charge in [-0.25, -0.2) is 13.4 Å². The molecule has 0 aliphatic heterocycles. The molecule has 0 amide bonds. The van der Waals surface area contributed by atoms with E-state index in [-0.39, 0.29) is 22.1 Å². The molecular weight excluding hydrogens is 336 g/mol. The summed E-state index contributed by atoms with van der Waals surface area (Å²) in [7, 11) is -3.50. The minimum absolute atomic E-state index is 0.0142. The maximum Gasteiger partial charge on any atom is 0.264 e. The van der Waals surface area contributed by atoms with Crippen molar-refractivity contribution >= 4 is 26.8 Å². The van der Waals surface area contributed by atoms with E-state index in [1.807, 2.05) is 26.0 Å². The van der Waals surface area contributed by atoms with Crippen LogP contribution >= 0.6 is 0 Å². The van der Waals surface area contributed by atoms with Crippen molar-refractivity contribution in [2.24, 2.45) is 0 Å². The fraction of sp³-hybridized carbons (Fsp3) is 0.263. The first-order valence-corrected chi connectivity index (χ1v) is 9.81. The smallest absolute Gasteiger partial charge is 0.264 e. The van der Waals surface area contributed by atoms with E-state index in [4.69, 9.17) is 0 Å². The van der Waals surface area contributed by atoms with Crippen LogP contribution in [0.4, 0.5) is 0 Å². The van der Waals surface area contributed by atoms with Gasteiger partial charge in [0.25, 0.3) is 5.91 Å². The van der Waals surface area contributed by atoms with Crippen LogP contribution in [-0.4, -0.2) is 29.6 Å². The molecule has 2 aromatic carbocycles. The van der Waals surface area contributed by atoms with Crippen LogP contribution in [0.25, 0.3) is 11.0 Å². The third kappa shape index (κ3) is 3.09. The second kappa shape index (κ2) is 6.44. The van der Waals surface area contributed by atoms with Crippen molar-refractivity contribution in [1.29, 1.82) is 0 Å². The zero-order valence-electron chi connectivity index (χ0n) is 14.5. The van der Waals surface area contributed by atoms with Crippen molar-refractivity contribution in [3.8, 4) is 0 Å². The molecule has 0 aliphatic rings. The quantitative estimate of drug-likeness (QED) is 0.717. The van der Waals surface area contributed by atoms with Gasteiger partial charge in [0, 0.05) is 0 Å². The van der Waals surface area contributed by atoms with Gasteiger partial charge in [-0.1, -0.05) is 19.1 Å². The molecular formula is C19H20N2O3S.